The summed E-state index contributed by atoms with van der Waals surface area (Å²) in [5.41, 5.74) is 0. The van der Waals surface area contributed by atoms with E-state index in [0.717, 1.165) is 12.8 Å². The molecule has 6 heteroatoms. The predicted octanol–water partition coefficient (Wildman–Crippen LogP) is 4.27. The summed E-state index contributed by atoms with van der Waals surface area (Å²) in [6.45, 7) is 4.30. The molecule has 0 aliphatic heterocycles. The second kappa shape index (κ2) is 22.6. The molecule has 1 atom stereocenters. The molecule has 0 amide bonds. The average Bonchev–Trinajstić information content (AvgIpc) is 2.69. The van der Waals surface area contributed by atoms with Gasteiger partial charge in [-0.15, -0.1) is 0 Å². The van der Waals surface area contributed by atoms with Crippen LogP contribution in [0, 0.1) is 0 Å². The minimum Gasteiger partial charge on any atom is -0.463 e. The van der Waals surface area contributed by atoms with Crippen molar-refractivity contribution in [1.29, 1.82) is 0 Å². The summed E-state index contributed by atoms with van der Waals surface area (Å²) in [5.74, 6) is -0.238. The largest absolute Gasteiger partial charge is 0.463 e. The number of carbonyl (C=O) groups excluding carboxylic acids is 1. The van der Waals surface area contributed by atoms with Crippen LogP contribution in [-0.4, -0.2) is 63.9 Å². The lowest BCUT2D eigenvalue weighted by molar-refractivity contribution is -0.148. The van der Waals surface area contributed by atoms with Crippen LogP contribution in [-0.2, 0) is 23.7 Å². The van der Waals surface area contributed by atoms with Gasteiger partial charge in [0.1, 0.15) is 12.7 Å². The fourth-order valence-corrected chi connectivity index (χ4v) is 2.82. The maximum absolute atomic E-state index is 11.7. The van der Waals surface area contributed by atoms with Crippen molar-refractivity contribution in [1.82, 2.24) is 0 Å². The van der Waals surface area contributed by atoms with E-state index in [0.29, 0.717) is 32.8 Å². The topological polar surface area (TPSA) is 74.2 Å². The van der Waals surface area contributed by atoms with Gasteiger partial charge in [-0.1, -0.05) is 71.1 Å². The summed E-state index contributed by atoms with van der Waals surface area (Å²) < 4.78 is 20.5. The number of esters is 1. The van der Waals surface area contributed by atoms with E-state index < -0.39 is 6.10 Å². The Morgan fingerprint density at radius 1 is 0.750 bits per heavy atom. The molecule has 6 nitrogen and oxygen atoms in total. The summed E-state index contributed by atoms with van der Waals surface area (Å²) in [6.07, 6.45) is 13.4. The van der Waals surface area contributed by atoms with Crippen LogP contribution in [0.5, 0.6) is 0 Å². The van der Waals surface area contributed by atoms with Crippen LogP contribution in [0.1, 0.15) is 84.0 Å². The first-order valence-electron chi connectivity index (χ1n) is 11.2. The molecule has 0 radical (unpaired) electrons. The van der Waals surface area contributed by atoms with E-state index in [2.05, 4.69) is 6.92 Å². The minimum atomic E-state index is -0.791. The molecular formula is C22H44O6. The van der Waals surface area contributed by atoms with Gasteiger partial charge in [-0.25, -0.2) is 0 Å². The van der Waals surface area contributed by atoms with Crippen LogP contribution in [0.15, 0.2) is 0 Å². The molecule has 0 rings (SSSR count). The van der Waals surface area contributed by atoms with Crippen molar-refractivity contribution in [2.24, 2.45) is 0 Å². The van der Waals surface area contributed by atoms with Crippen LogP contribution in [0.4, 0.5) is 0 Å². The number of ether oxygens (including phenoxy) is 4. The Bertz CT molecular complexity index is 324. The summed E-state index contributed by atoms with van der Waals surface area (Å²) in [5, 5.41) is 9.74. The van der Waals surface area contributed by atoms with Crippen molar-refractivity contribution in [3.63, 3.8) is 0 Å². The fraction of sp³-hybridized carbons (Fsp3) is 0.955. The third-order valence-electron chi connectivity index (χ3n) is 4.54. The molecule has 0 aliphatic rings. The number of hydrogen-bond acceptors (Lipinski definition) is 6. The minimum absolute atomic E-state index is 0.0125. The third-order valence-corrected chi connectivity index (χ3v) is 4.54. The van der Waals surface area contributed by atoms with Gasteiger partial charge in [0.25, 0.3) is 0 Å². The average molecular weight is 405 g/mol. The van der Waals surface area contributed by atoms with Gasteiger partial charge in [-0.05, 0) is 6.42 Å². The summed E-state index contributed by atoms with van der Waals surface area (Å²) in [4.78, 5) is 11.7. The smallest absolute Gasteiger partial charge is 0.305 e. The van der Waals surface area contributed by atoms with E-state index in [1.807, 2.05) is 0 Å². The van der Waals surface area contributed by atoms with Crippen LogP contribution < -0.4 is 0 Å². The maximum Gasteiger partial charge on any atom is 0.305 e. The predicted molar refractivity (Wildman–Crippen MR) is 112 cm³/mol. The molecule has 0 saturated carbocycles. The Hall–Kier alpha value is -0.690. The monoisotopic (exact) mass is 404 g/mol. The molecule has 0 aromatic rings. The summed E-state index contributed by atoms with van der Waals surface area (Å²) >= 11 is 0. The second-order valence-corrected chi connectivity index (χ2v) is 7.30. The van der Waals surface area contributed by atoms with Gasteiger partial charge in [0.05, 0.1) is 33.0 Å². The highest BCUT2D eigenvalue weighted by molar-refractivity contribution is 5.69. The van der Waals surface area contributed by atoms with Crippen LogP contribution in [0.2, 0.25) is 0 Å². The van der Waals surface area contributed by atoms with Crippen LogP contribution >= 0.6 is 0 Å². The Morgan fingerprint density at radius 3 is 1.89 bits per heavy atom. The maximum atomic E-state index is 11.7. The van der Waals surface area contributed by atoms with E-state index in [-0.39, 0.29) is 19.2 Å². The molecule has 0 bridgehead atoms. The lowest BCUT2D eigenvalue weighted by Crippen LogP contribution is -2.24. The Labute approximate surface area is 172 Å². The zero-order valence-electron chi connectivity index (χ0n) is 18.3. The van der Waals surface area contributed by atoms with Gasteiger partial charge in [0.2, 0.25) is 0 Å². The number of rotatable bonds is 22. The van der Waals surface area contributed by atoms with E-state index in [9.17, 15) is 9.90 Å². The first kappa shape index (κ1) is 27.3. The number of aliphatic hydroxyl groups excluding tert-OH is 1. The van der Waals surface area contributed by atoms with Gasteiger partial charge >= 0.3 is 5.97 Å². The number of aliphatic hydroxyl groups is 1. The molecule has 0 aliphatic carbocycles. The molecular weight excluding hydrogens is 360 g/mol. The first-order valence-corrected chi connectivity index (χ1v) is 11.2. The molecule has 28 heavy (non-hydrogen) atoms. The van der Waals surface area contributed by atoms with E-state index in [4.69, 9.17) is 18.9 Å². The van der Waals surface area contributed by atoms with Gasteiger partial charge in [-0.3, -0.25) is 4.79 Å². The lowest BCUT2D eigenvalue weighted by Gasteiger charge is -2.12. The quantitative estimate of drug-likeness (QED) is 0.215. The molecule has 0 spiro atoms. The van der Waals surface area contributed by atoms with Crippen molar-refractivity contribution in [3.05, 3.63) is 0 Å². The zero-order chi connectivity index (χ0) is 20.7. The van der Waals surface area contributed by atoms with Gasteiger partial charge in [-0.2, -0.15) is 0 Å². The highest BCUT2D eigenvalue weighted by atomic mass is 16.6. The number of hydrogen-bond donors (Lipinski definition) is 1. The van der Waals surface area contributed by atoms with E-state index in [1.54, 1.807) is 7.11 Å². The highest BCUT2D eigenvalue weighted by Gasteiger charge is 2.09. The Kier molecular flexibility index (Phi) is 22.0. The van der Waals surface area contributed by atoms with E-state index >= 15 is 0 Å². The van der Waals surface area contributed by atoms with Crippen molar-refractivity contribution < 1.29 is 28.8 Å². The molecule has 0 fully saturated rings. The van der Waals surface area contributed by atoms with Gasteiger partial charge < -0.3 is 24.1 Å². The number of carbonyl (C=O) groups is 1. The number of unbranched alkanes of at least 4 members (excludes halogenated alkanes) is 10. The SMILES string of the molecule is CCCCCCCCCCCCCC(=O)OCC(O)COCCOCCOC. The van der Waals surface area contributed by atoms with Crippen LogP contribution in [0.25, 0.3) is 0 Å². The van der Waals surface area contributed by atoms with E-state index in [1.165, 1.54) is 57.8 Å². The van der Waals surface area contributed by atoms with Gasteiger partial charge in [0, 0.05) is 13.5 Å². The van der Waals surface area contributed by atoms with Crippen molar-refractivity contribution >= 4 is 5.97 Å². The van der Waals surface area contributed by atoms with Crippen molar-refractivity contribution in [3.8, 4) is 0 Å². The zero-order valence-corrected chi connectivity index (χ0v) is 18.3. The molecule has 0 aromatic heterocycles. The first-order chi connectivity index (χ1) is 13.7. The van der Waals surface area contributed by atoms with Crippen molar-refractivity contribution in [2.45, 2.75) is 90.1 Å². The summed E-state index contributed by atoms with van der Waals surface area (Å²) in [6, 6.07) is 0. The molecule has 1 unspecified atom stereocenters. The molecule has 0 saturated heterocycles. The summed E-state index contributed by atoms with van der Waals surface area (Å²) in [7, 11) is 1.62. The standard InChI is InChI=1S/C22H44O6/c1-3-4-5-6-7-8-9-10-11-12-13-14-22(24)28-20-21(23)19-27-18-17-26-16-15-25-2/h21,23H,3-20H2,1-2H3. The second-order valence-electron chi connectivity index (χ2n) is 7.30. The molecule has 0 aromatic carbocycles. The number of methoxy groups -OCH3 is 1. The Balaban J connectivity index is 3.29. The molecule has 0 heterocycles. The normalized spacial score (nSPS) is 12.2. The fourth-order valence-electron chi connectivity index (χ4n) is 2.82. The third kappa shape index (κ3) is 21.6. The molecule has 1 N–H and O–H groups in total. The van der Waals surface area contributed by atoms with Crippen LogP contribution in [0.3, 0.4) is 0 Å². The highest BCUT2D eigenvalue weighted by Crippen LogP contribution is 2.12. The van der Waals surface area contributed by atoms with Gasteiger partial charge in [0.15, 0.2) is 0 Å². The molecule has 168 valence electrons. The lowest BCUT2D eigenvalue weighted by atomic mass is 10.1. The Morgan fingerprint density at radius 2 is 1.29 bits per heavy atom. The van der Waals surface area contributed by atoms with Crippen molar-refractivity contribution in [2.75, 3.05) is 46.8 Å².